The number of aliphatic hydroxyl groups excluding tert-OH is 1. The fourth-order valence-electron chi connectivity index (χ4n) is 4.31. The summed E-state index contributed by atoms with van der Waals surface area (Å²) in [6.07, 6.45) is -0.340. The average Bonchev–Trinajstić information content (AvgIpc) is 3.17. The molecule has 2 aliphatic rings. The molecule has 9 heteroatoms. The number of benzene rings is 2. The second-order valence-electron chi connectivity index (χ2n) is 8.46. The highest BCUT2D eigenvalue weighted by Gasteiger charge is 2.46. The Morgan fingerprint density at radius 3 is 2.48 bits per heavy atom. The van der Waals surface area contributed by atoms with Gasteiger partial charge in [-0.3, -0.25) is 4.79 Å². The van der Waals surface area contributed by atoms with Gasteiger partial charge in [-0.05, 0) is 48.9 Å². The van der Waals surface area contributed by atoms with Gasteiger partial charge in [0, 0.05) is 37.0 Å². The van der Waals surface area contributed by atoms with Crippen LogP contribution in [-0.4, -0.2) is 68.1 Å². The topological polar surface area (TPSA) is 109 Å². The lowest BCUT2D eigenvalue weighted by atomic mass is 9.84. The number of aliphatic hydroxyl groups is 1. The Morgan fingerprint density at radius 2 is 1.82 bits per heavy atom. The lowest BCUT2D eigenvalue weighted by molar-refractivity contribution is -0.147. The summed E-state index contributed by atoms with van der Waals surface area (Å²) in [5, 5.41) is 15.5. The number of carbonyl (C=O) groups excluding carboxylic acids is 2. The molecule has 3 amide bonds. The minimum Gasteiger partial charge on any atom is -0.497 e. The summed E-state index contributed by atoms with van der Waals surface area (Å²) in [7, 11) is 5.00. The van der Waals surface area contributed by atoms with Gasteiger partial charge in [0.25, 0.3) is 0 Å². The van der Waals surface area contributed by atoms with E-state index in [2.05, 4.69) is 10.6 Å². The van der Waals surface area contributed by atoms with Crippen molar-refractivity contribution >= 4 is 23.3 Å². The predicted octanol–water partition coefficient (Wildman–Crippen LogP) is 2.81. The maximum absolute atomic E-state index is 12.5. The SMILES string of the molecule is COc1ccc(NC(=O)Nc2ccc3c(c2)[C@H]2C[C@@H](CC(=O)N(C)C)O[C@H](CO)[C@H]2O3)cc1. The van der Waals surface area contributed by atoms with Gasteiger partial charge in [0.05, 0.1) is 26.2 Å². The number of amides is 3. The van der Waals surface area contributed by atoms with E-state index in [1.165, 1.54) is 4.90 Å². The summed E-state index contributed by atoms with van der Waals surface area (Å²) in [6.45, 7) is -0.197. The zero-order valence-corrected chi connectivity index (χ0v) is 18.9. The molecule has 0 aromatic heterocycles. The first-order valence-corrected chi connectivity index (χ1v) is 10.9. The summed E-state index contributed by atoms with van der Waals surface area (Å²) >= 11 is 0. The molecule has 2 heterocycles. The molecule has 0 unspecified atom stereocenters. The molecule has 2 aromatic rings. The van der Waals surface area contributed by atoms with Gasteiger partial charge in [0.1, 0.15) is 23.7 Å². The first kappa shape index (κ1) is 22.9. The molecule has 1 saturated heterocycles. The number of ether oxygens (including phenoxy) is 3. The molecular formula is C24H29N3O6. The molecule has 3 N–H and O–H groups in total. The molecule has 2 aliphatic heterocycles. The number of hydrogen-bond acceptors (Lipinski definition) is 6. The van der Waals surface area contributed by atoms with Gasteiger partial charge in [-0.1, -0.05) is 0 Å². The summed E-state index contributed by atoms with van der Waals surface area (Å²) in [5.41, 5.74) is 2.20. The van der Waals surface area contributed by atoms with Crippen LogP contribution in [0.15, 0.2) is 42.5 Å². The first-order valence-electron chi connectivity index (χ1n) is 10.9. The normalized spacial score (nSPS) is 23.0. The van der Waals surface area contributed by atoms with Gasteiger partial charge in [0.15, 0.2) is 0 Å². The van der Waals surface area contributed by atoms with Crippen molar-refractivity contribution in [3.8, 4) is 11.5 Å². The van der Waals surface area contributed by atoms with Gasteiger partial charge in [-0.15, -0.1) is 0 Å². The van der Waals surface area contributed by atoms with Crippen molar-refractivity contribution in [2.45, 2.75) is 37.1 Å². The number of fused-ring (bicyclic) bond motifs is 3. The molecule has 1 fully saturated rings. The van der Waals surface area contributed by atoms with Gasteiger partial charge < -0.3 is 34.9 Å². The number of nitrogens with zero attached hydrogens (tertiary/aromatic N) is 1. The average molecular weight is 456 g/mol. The number of carbonyl (C=O) groups is 2. The summed E-state index contributed by atoms with van der Waals surface area (Å²) in [5.74, 6) is 1.34. The lowest BCUT2D eigenvalue weighted by Crippen LogP contribution is -2.47. The molecule has 0 radical (unpaired) electrons. The van der Waals surface area contributed by atoms with E-state index >= 15 is 0 Å². The van der Waals surface area contributed by atoms with Crippen molar-refractivity contribution in [1.82, 2.24) is 4.90 Å². The van der Waals surface area contributed by atoms with Gasteiger partial charge in [-0.25, -0.2) is 4.79 Å². The van der Waals surface area contributed by atoms with Crippen molar-refractivity contribution in [2.24, 2.45) is 0 Å². The zero-order valence-electron chi connectivity index (χ0n) is 18.9. The van der Waals surface area contributed by atoms with Crippen LogP contribution in [0.4, 0.5) is 16.2 Å². The number of rotatable bonds is 6. The molecule has 0 saturated carbocycles. The maximum Gasteiger partial charge on any atom is 0.323 e. The van der Waals surface area contributed by atoms with E-state index in [0.29, 0.717) is 29.3 Å². The Kier molecular flexibility index (Phi) is 6.71. The van der Waals surface area contributed by atoms with E-state index in [4.69, 9.17) is 14.2 Å². The first-order chi connectivity index (χ1) is 15.9. The molecule has 4 atom stereocenters. The summed E-state index contributed by atoms with van der Waals surface area (Å²) in [4.78, 5) is 26.2. The van der Waals surface area contributed by atoms with Crippen LogP contribution in [0.5, 0.6) is 11.5 Å². The van der Waals surface area contributed by atoms with E-state index in [9.17, 15) is 14.7 Å². The van der Waals surface area contributed by atoms with Gasteiger partial charge in [0.2, 0.25) is 5.91 Å². The van der Waals surface area contributed by atoms with Crippen molar-refractivity contribution in [2.75, 3.05) is 38.4 Å². The van der Waals surface area contributed by atoms with Gasteiger partial charge in [-0.2, -0.15) is 0 Å². The van der Waals surface area contributed by atoms with Crippen LogP contribution in [0.25, 0.3) is 0 Å². The van der Waals surface area contributed by atoms with Crippen molar-refractivity contribution in [1.29, 1.82) is 0 Å². The van der Waals surface area contributed by atoms with E-state index < -0.39 is 6.10 Å². The Bertz CT molecular complexity index is 1010. The van der Waals surface area contributed by atoms with E-state index in [0.717, 1.165) is 5.56 Å². The minimum atomic E-state index is -0.522. The third-order valence-corrected chi connectivity index (χ3v) is 6.01. The largest absolute Gasteiger partial charge is 0.497 e. The molecule has 2 aromatic carbocycles. The number of urea groups is 1. The molecule has 0 bridgehead atoms. The number of anilines is 2. The van der Waals surface area contributed by atoms with Crippen LogP contribution in [0.1, 0.15) is 24.3 Å². The maximum atomic E-state index is 12.5. The van der Waals surface area contributed by atoms with Crippen molar-refractivity contribution in [3.05, 3.63) is 48.0 Å². The highest BCUT2D eigenvalue weighted by molar-refractivity contribution is 5.99. The molecule has 4 rings (SSSR count). The Morgan fingerprint density at radius 1 is 1.12 bits per heavy atom. The molecular weight excluding hydrogens is 426 g/mol. The standard InChI is InChI=1S/C24H29N3O6/c1-27(2)22(29)12-17-11-19-18-10-15(6-9-20(18)33-23(19)21(13-28)32-17)26-24(30)25-14-4-7-16(31-3)8-5-14/h4-10,17,19,21,23,28H,11-13H2,1-3H3,(H2,25,26,30)/t17-,19+,21+,23-/m0/s1. The number of hydrogen-bond donors (Lipinski definition) is 3. The van der Waals surface area contributed by atoms with E-state index in [-0.39, 0.29) is 43.1 Å². The molecule has 176 valence electrons. The Balaban J connectivity index is 1.46. The van der Waals surface area contributed by atoms with Crippen LogP contribution in [-0.2, 0) is 9.53 Å². The van der Waals surface area contributed by atoms with Gasteiger partial charge >= 0.3 is 6.03 Å². The predicted molar refractivity (Wildman–Crippen MR) is 123 cm³/mol. The minimum absolute atomic E-state index is 0.0279. The Hall–Kier alpha value is -3.30. The quantitative estimate of drug-likeness (QED) is 0.618. The molecule has 33 heavy (non-hydrogen) atoms. The van der Waals surface area contributed by atoms with Crippen LogP contribution >= 0.6 is 0 Å². The van der Waals surface area contributed by atoms with E-state index in [1.54, 1.807) is 51.5 Å². The second-order valence-corrected chi connectivity index (χ2v) is 8.46. The number of methoxy groups -OCH3 is 1. The molecule has 9 nitrogen and oxygen atoms in total. The Labute approximate surface area is 192 Å². The van der Waals surface area contributed by atoms with E-state index in [1.807, 2.05) is 12.1 Å². The molecule has 0 aliphatic carbocycles. The third-order valence-electron chi connectivity index (χ3n) is 6.01. The second kappa shape index (κ2) is 9.68. The molecule has 0 spiro atoms. The fraction of sp³-hybridized carbons (Fsp3) is 0.417. The summed E-state index contributed by atoms with van der Waals surface area (Å²) < 4.78 is 17.2. The fourth-order valence-corrected chi connectivity index (χ4v) is 4.31. The third kappa shape index (κ3) is 5.04. The highest BCUT2D eigenvalue weighted by atomic mass is 16.6. The van der Waals surface area contributed by atoms with Crippen LogP contribution < -0.4 is 20.1 Å². The van der Waals surface area contributed by atoms with Crippen LogP contribution in [0, 0.1) is 0 Å². The smallest absolute Gasteiger partial charge is 0.323 e. The zero-order chi connectivity index (χ0) is 23.5. The summed E-state index contributed by atoms with van der Waals surface area (Å²) in [6, 6.07) is 12.1. The monoisotopic (exact) mass is 455 g/mol. The van der Waals surface area contributed by atoms with Crippen molar-refractivity contribution in [3.63, 3.8) is 0 Å². The number of nitrogens with one attached hydrogen (secondary N) is 2. The van der Waals surface area contributed by atoms with Crippen LogP contribution in [0.3, 0.4) is 0 Å². The highest BCUT2D eigenvalue weighted by Crippen LogP contribution is 2.47. The van der Waals surface area contributed by atoms with Crippen LogP contribution in [0.2, 0.25) is 0 Å². The lowest BCUT2D eigenvalue weighted by Gasteiger charge is -2.37. The van der Waals surface area contributed by atoms with Crippen molar-refractivity contribution < 1.29 is 28.9 Å².